The highest BCUT2D eigenvalue weighted by Gasteiger charge is 2.50. The second-order valence-electron chi connectivity index (χ2n) is 7.28. The van der Waals surface area contributed by atoms with E-state index in [0.29, 0.717) is 21.1 Å². The van der Waals surface area contributed by atoms with Crippen LogP contribution in [0.4, 0.5) is 22.0 Å². The Kier molecular flexibility index (Phi) is 6.72. The Bertz CT molecular complexity index is 1170. The van der Waals surface area contributed by atoms with Crippen molar-refractivity contribution in [3.05, 3.63) is 137 Å². The van der Waals surface area contributed by atoms with E-state index in [2.05, 4.69) is 0 Å². The Balaban J connectivity index is 2.05. The van der Waals surface area contributed by atoms with E-state index in [0.717, 1.165) is 0 Å². The third-order valence-electron chi connectivity index (χ3n) is 5.43. The molecule has 0 fully saturated rings. The fourth-order valence-electron chi connectivity index (χ4n) is 3.88. The molecule has 0 aliphatic rings. The maximum Gasteiger partial charge on any atom is 0.252 e. The number of rotatable bonds is 6. The van der Waals surface area contributed by atoms with E-state index in [4.69, 9.17) is 5.84 Å². The van der Waals surface area contributed by atoms with Gasteiger partial charge in [-0.25, -0.2) is 19.0 Å². The number of nitrogens with zero attached hydrogens (tertiary/aromatic N) is 1. The normalized spacial score (nSPS) is 12.7. The predicted molar refractivity (Wildman–Crippen MR) is 118 cm³/mol. The van der Waals surface area contributed by atoms with Gasteiger partial charge in [-0.3, -0.25) is 0 Å². The highest BCUT2D eigenvalue weighted by atomic mass is 32.2. The molecule has 9 heteroatoms. The second-order valence-corrected chi connectivity index (χ2v) is 8.58. The van der Waals surface area contributed by atoms with Gasteiger partial charge in [-0.2, -0.15) is 8.78 Å². The number of halogens is 5. The van der Waals surface area contributed by atoms with E-state index >= 15 is 0 Å². The quantitative estimate of drug-likeness (QED) is 0.0734. The van der Waals surface area contributed by atoms with Gasteiger partial charge in [-0.1, -0.05) is 91.0 Å². The van der Waals surface area contributed by atoms with E-state index in [1.54, 1.807) is 91.0 Å². The Labute approximate surface area is 195 Å². The molecule has 0 aromatic heterocycles. The lowest BCUT2D eigenvalue weighted by Gasteiger charge is -2.41. The van der Waals surface area contributed by atoms with Crippen LogP contribution in [0.3, 0.4) is 0 Å². The number of hydrogen-bond acceptors (Lipinski definition) is 3. The molecule has 0 heterocycles. The van der Waals surface area contributed by atoms with Gasteiger partial charge in [0.2, 0.25) is 29.1 Å². The summed E-state index contributed by atoms with van der Waals surface area (Å²) in [7, 11) is 0. The third-order valence-corrected chi connectivity index (χ3v) is 6.77. The number of hydrazine groups is 1. The van der Waals surface area contributed by atoms with Gasteiger partial charge in [0.25, 0.3) is 4.90 Å². The van der Waals surface area contributed by atoms with E-state index in [1.165, 1.54) is 0 Å². The maximum absolute atomic E-state index is 14.6. The molecule has 4 rings (SSSR count). The van der Waals surface area contributed by atoms with Crippen molar-refractivity contribution in [2.75, 3.05) is 0 Å². The first-order chi connectivity index (χ1) is 16.3. The average molecular weight is 488 g/mol. The lowest BCUT2D eigenvalue weighted by molar-refractivity contribution is 0.278. The Morgan fingerprint density at radius 3 is 1.18 bits per heavy atom. The van der Waals surface area contributed by atoms with Crippen molar-refractivity contribution in [1.29, 1.82) is 0 Å². The minimum Gasteiger partial charge on any atom is -0.591 e. The number of nitrogens with two attached hydrogens (primary N) is 1. The summed E-state index contributed by atoms with van der Waals surface area (Å²) in [5, 5.41) is 0. The molecule has 0 bridgehead atoms. The molecule has 34 heavy (non-hydrogen) atoms. The van der Waals surface area contributed by atoms with Crippen molar-refractivity contribution in [2.24, 2.45) is 5.84 Å². The SMILES string of the molecule is NN([S+]([O-])c1c(F)c(F)c(F)c(F)c1F)C(c1ccccc1)(c1ccccc1)c1ccccc1. The summed E-state index contributed by atoms with van der Waals surface area (Å²) >= 11 is -3.04. The highest BCUT2D eigenvalue weighted by molar-refractivity contribution is 7.89. The minimum atomic E-state index is -3.04. The lowest BCUT2D eigenvalue weighted by atomic mass is 9.77. The summed E-state index contributed by atoms with van der Waals surface area (Å²) in [6, 6.07) is 25.3. The number of hydrogen-bond donors (Lipinski definition) is 1. The van der Waals surface area contributed by atoms with Gasteiger partial charge >= 0.3 is 0 Å². The predicted octanol–water partition coefficient (Wildman–Crippen LogP) is 5.57. The molecular formula is C25H17F5N2OS. The van der Waals surface area contributed by atoms with Gasteiger partial charge in [0, 0.05) is 0 Å². The van der Waals surface area contributed by atoms with E-state index in [1.807, 2.05) is 0 Å². The molecule has 0 aliphatic carbocycles. The highest BCUT2D eigenvalue weighted by Crippen LogP contribution is 2.44. The van der Waals surface area contributed by atoms with Crippen molar-refractivity contribution in [1.82, 2.24) is 4.41 Å². The van der Waals surface area contributed by atoms with Gasteiger partial charge in [0.05, 0.1) is 0 Å². The van der Waals surface area contributed by atoms with E-state index < -0.39 is 50.9 Å². The van der Waals surface area contributed by atoms with Gasteiger partial charge in [0.1, 0.15) is 11.4 Å². The van der Waals surface area contributed by atoms with Crippen molar-refractivity contribution in [2.45, 2.75) is 10.4 Å². The lowest BCUT2D eigenvalue weighted by Crippen LogP contribution is -2.55. The van der Waals surface area contributed by atoms with E-state index in [-0.39, 0.29) is 0 Å². The molecule has 2 N–H and O–H groups in total. The largest absolute Gasteiger partial charge is 0.591 e. The molecule has 0 saturated carbocycles. The first-order valence-electron chi connectivity index (χ1n) is 9.96. The first-order valence-corrected chi connectivity index (χ1v) is 11.1. The van der Waals surface area contributed by atoms with Gasteiger partial charge in [0.15, 0.2) is 5.54 Å². The van der Waals surface area contributed by atoms with Gasteiger partial charge in [-0.05, 0) is 21.1 Å². The molecule has 0 saturated heterocycles. The molecule has 174 valence electrons. The maximum atomic E-state index is 14.6. The standard InChI is InChI=1S/C25H17F5N2OS/c26-19-20(27)22(29)24(23(30)21(19)28)34(33)32(31)25(16-10-4-1-5-11-16,17-12-6-2-7-13-17)18-14-8-3-9-15-18/h1-15H,31H2. The Hall–Kier alpha value is -3.24. The van der Waals surface area contributed by atoms with Crippen LogP contribution in [0.2, 0.25) is 0 Å². The van der Waals surface area contributed by atoms with E-state index in [9.17, 15) is 26.5 Å². The van der Waals surface area contributed by atoms with Crippen LogP contribution in [0.1, 0.15) is 16.7 Å². The summed E-state index contributed by atoms with van der Waals surface area (Å²) in [5.74, 6) is -4.83. The summed E-state index contributed by atoms with van der Waals surface area (Å²) < 4.78 is 84.9. The zero-order valence-corrected chi connectivity index (χ0v) is 18.2. The third kappa shape index (κ3) is 3.76. The summed E-state index contributed by atoms with van der Waals surface area (Å²) in [6.07, 6.45) is 0. The van der Waals surface area contributed by atoms with Crippen LogP contribution in [0, 0.1) is 29.1 Å². The van der Waals surface area contributed by atoms with Crippen molar-refractivity contribution >= 4 is 11.4 Å². The second kappa shape index (κ2) is 9.55. The van der Waals surface area contributed by atoms with Crippen molar-refractivity contribution < 1.29 is 26.5 Å². The summed E-state index contributed by atoms with van der Waals surface area (Å²) in [5.41, 5.74) is -0.277. The molecule has 0 aliphatic heterocycles. The zero-order chi connectivity index (χ0) is 24.5. The molecule has 0 radical (unpaired) electrons. The van der Waals surface area contributed by atoms with Crippen LogP contribution in [0.25, 0.3) is 0 Å². The smallest absolute Gasteiger partial charge is 0.252 e. The fourth-order valence-corrected chi connectivity index (χ4v) is 5.13. The van der Waals surface area contributed by atoms with Gasteiger partial charge < -0.3 is 4.55 Å². The van der Waals surface area contributed by atoms with Gasteiger partial charge in [-0.15, -0.1) is 0 Å². The molecule has 1 unspecified atom stereocenters. The molecule has 0 spiro atoms. The molecule has 3 nitrogen and oxygen atoms in total. The minimum absolute atomic E-state index is 0.451. The van der Waals surface area contributed by atoms with Crippen molar-refractivity contribution in [3.63, 3.8) is 0 Å². The van der Waals surface area contributed by atoms with Crippen LogP contribution in [0.15, 0.2) is 95.9 Å². The van der Waals surface area contributed by atoms with Crippen LogP contribution in [-0.4, -0.2) is 8.97 Å². The Morgan fingerprint density at radius 1 is 0.559 bits per heavy atom. The Morgan fingerprint density at radius 2 is 0.853 bits per heavy atom. The van der Waals surface area contributed by atoms with Crippen LogP contribution in [0.5, 0.6) is 0 Å². The molecule has 0 amide bonds. The topological polar surface area (TPSA) is 52.3 Å². The molecule has 4 aromatic carbocycles. The summed E-state index contributed by atoms with van der Waals surface area (Å²) in [4.78, 5) is -1.54. The number of benzene rings is 4. The molecule has 1 atom stereocenters. The van der Waals surface area contributed by atoms with Crippen molar-refractivity contribution in [3.8, 4) is 0 Å². The zero-order valence-electron chi connectivity index (χ0n) is 17.4. The van der Waals surface area contributed by atoms with Crippen LogP contribution < -0.4 is 5.84 Å². The monoisotopic (exact) mass is 488 g/mol. The van der Waals surface area contributed by atoms with Crippen LogP contribution >= 0.6 is 0 Å². The summed E-state index contributed by atoms with van der Waals surface area (Å²) in [6.45, 7) is 0. The average Bonchev–Trinajstić information content (AvgIpc) is 2.88. The molecular weight excluding hydrogens is 471 g/mol. The first kappa shape index (κ1) is 23.9. The van der Waals surface area contributed by atoms with Crippen LogP contribution in [-0.2, 0) is 16.9 Å². The fraction of sp³-hybridized carbons (Fsp3) is 0.0400. The molecule has 4 aromatic rings.